The highest BCUT2D eigenvalue weighted by molar-refractivity contribution is 9.10. The van der Waals surface area contributed by atoms with E-state index in [1.165, 1.54) is 43.8 Å². The summed E-state index contributed by atoms with van der Waals surface area (Å²) in [5.41, 5.74) is -0.178. The molecule has 0 saturated heterocycles. The number of H-pyrrole nitrogens is 1. The van der Waals surface area contributed by atoms with Gasteiger partial charge in [0.1, 0.15) is 15.3 Å². The summed E-state index contributed by atoms with van der Waals surface area (Å²) in [6.07, 6.45) is 6.21. The van der Waals surface area contributed by atoms with Gasteiger partial charge in [0.15, 0.2) is 5.16 Å². The van der Waals surface area contributed by atoms with E-state index in [0.717, 1.165) is 11.0 Å². The Morgan fingerprint density at radius 3 is 2.80 bits per heavy atom. The molecule has 2 heterocycles. The summed E-state index contributed by atoms with van der Waals surface area (Å²) in [5.74, 6) is 1.68. The summed E-state index contributed by atoms with van der Waals surface area (Å²) in [4.78, 5) is 18.3. The molecular weight excluding hydrogens is 342 g/mol. The molecule has 2 aromatic heterocycles. The molecule has 6 nitrogen and oxygen atoms in total. The Balaban J connectivity index is 1.72. The van der Waals surface area contributed by atoms with Gasteiger partial charge < -0.3 is 9.55 Å². The molecule has 2 saturated carbocycles. The van der Waals surface area contributed by atoms with Crippen LogP contribution in [0, 0.1) is 0 Å². The summed E-state index contributed by atoms with van der Waals surface area (Å²) in [5, 5.41) is 10.1. The van der Waals surface area contributed by atoms with Gasteiger partial charge in [0.2, 0.25) is 0 Å². The van der Waals surface area contributed by atoms with Gasteiger partial charge in [-0.3, -0.25) is 4.79 Å². The standard InChI is InChI=1S/C12H12BrN5OS/c13-8-10(19)14-5-15-11(8)20-12-17-16-9(6-1-2-6)18(12)7-3-4-7/h5-7H,1-4H2,(H,14,15,19). The topological polar surface area (TPSA) is 76.5 Å². The predicted molar refractivity (Wildman–Crippen MR) is 76.9 cm³/mol. The second-order valence-electron chi connectivity index (χ2n) is 5.17. The molecule has 2 aromatic rings. The van der Waals surface area contributed by atoms with Crippen LogP contribution < -0.4 is 5.56 Å². The molecule has 0 radical (unpaired) electrons. The van der Waals surface area contributed by atoms with E-state index in [1.54, 1.807) is 0 Å². The van der Waals surface area contributed by atoms with Gasteiger partial charge in [-0.25, -0.2) is 4.98 Å². The van der Waals surface area contributed by atoms with Crippen molar-refractivity contribution in [3.63, 3.8) is 0 Å². The van der Waals surface area contributed by atoms with E-state index in [1.807, 2.05) is 0 Å². The van der Waals surface area contributed by atoms with Crippen LogP contribution in [0.2, 0.25) is 0 Å². The molecule has 0 bridgehead atoms. The van der Waals surface area contributed by atoms with Crippen LogP contribution in [0.25, 0.3) is 0 Å². The first-order chi connectivity index (χ1) is 9.74. The molecule has 4 rings (SSSR count). The Bertz CT molecular complexity index is 719. The van der Waals surface area contributed by atoms with Crippen LogP contribution in [0.5, 0.6) is 0 Å². The first-order valence-electron chi connectivity index (χ1n) is 6.60. The highest BCUT2D eigenvalue weighted by atomic mass is 79.9. The third kappa shape index (κ3) is 2.20. The Kier molecular flexibility index (Phi) is 2.95. The van der Waals surface area contributed by atoms with Crippen LogP contribution in [0.4, 0.5) is 0 Å². The summed E-state index contributed by atoms with van der Waals surface area (Å²) < 4.78 is 2.70. The molecule has 0 atom stereocenters. The predicted octanol–water partition coefficient (Wildman–Crippen LogP) is 2.49. The van der Waals surface area contributed by atoms with Gasteiger partial charge in [-0.05, 0) is 53.4 Å². The first-order valence-corrected chi connectivity index (χ1v) is 8.21. The zero-order valence-corrected chi connectivity index (χ0v) is 12.9. The Labute approximate surface area is 127 Å². The lowest BCUT2D eigenvalue weighted by molar-refractivity contribution is 0.626. The van der Waals surface area contributed by atoms with E-state index in [2.05, 4.69) is 40.7 Å². The molecular formula is C12H12BrN5OS. The molecule has 2 fully saturated rings. The van der Waals surface area contributed by atoms with Crippen LogP contribution in [0.3, 0.4) is 0 Å². The van der Waals surface area contributed by atoms with Crippen LogP contribution in [0.15, 0.2) is 25.8 Å². The average molecular weight is 354 g/mol. The lowest BCUT2D eigenvalue weighted by Gasteiger charge is -2.07. The summed E-state index contributed by atoms with van der Waals surface area (Å²) >= 11 is 4.68. The molecule has 0 amide bonds. The summed E-state index contributed by atoms with van der Waals surface area (Å²) in [7, 11) is 0. The lowest BCUT2D eigenvalue weighted by atomic mass is 10.4. The van der Waals surface area contributed by atoms with Crippen molar-refractivity contribution in [3.8, 4) is 0 Å². The second-order valence-corrected chi connectivity index (χ2v) is 6.92. The lowest BCUT2D eigenvalue weighted by Crippen LogP contribution is -2.08. The zero-order valence-electron chi connectivity index (χ0n) is 10.5. The van der Waals surface area contributed by atoms with E-state index in [-0.39, 0.29) is 5.56 Å². The maximum Gasteiger partial charge on any atom is 0.266 e. The van der Waals surface area contributed by atoms with Crippen molar-refractivity contribution in [3.05, 3.63) is 27.0 Å². The monoisotopic (exact) mass is 353 g/mol. The molecule has 0 spiro atoms. The quantitative estimate of drug-likeness (QED) is 0.854. The van der Waals surface area contributed by atoms with Crippen molar-refractivity contribution in [2.45, 2.75) is 47.8 Å². The number of nitrogens with one attached hydrogen (secondary N) is 1. The normalized spacial score (nSPS) is 18.4. The van der Waals surface area contributed by atoms with Gasteiger partial charge in [0.25, 0.3) is 5.56 Å². The minimum atomic E-state index is -0.178. The fourth-order valence-electron chi connectivity index (χ4n) is 2.18. The molecule has 1 N–H and O–H groups in total. The Morgan fingerprint density at radius 2 is 2.10 bits per heavy atom. The molecule has 0 aromatic carbocycles. The van der Waals surface area contributed by atoms with Crippen LogP contribution >= 0.6 is 27.7 Å². The van der Waals surface area contributed by atoms with Crippen LogP contribution in [0.1, 0.15) is 43.5 Å². The van der Waals surface area contributed by atoms with Crippen LogP contribution in [-0.4, -0.2) is 24.7 Å². The maximum atomic E-state index is 11.6. The molecule has 0 unspecified atom stereocenters. The highest BCUT2D eigenvalue weighted by Crippen LogP contribution is 2.46. The number of nitrogens with zero attached hydrogens (tertiary/aromatic N) is 4. The molecule has 0 aliphatic heterocycles. The molecule has 2 aliphatic carbocycles. The van der Waals surface area contributed by atoms with Crippen molar-refractivity contribution in [1.82, 2.24) is 24.7 Å². The number of rotatable bonds is 4. The molecule has 2 aliphatic rings. The minimum absolute atomic E-state index is 0.178. The fraction of sp³-hybridized carbons (Fsp3) is 0.500. The smallest absolute Gasteiger partial charge is 0.266 e. The Hall–Kier alpha value is -1.15. The van der Waals surface area contributed by atoms with Crippen molar-refractivity contribution in [1.29, 1.82) is 0 Å². The Morgan fingerprint density at radius 1 is 1.30 bits per heavy atom. The van der Waals surface area contributed by atoms with Gasteiger partial charge >= 0.3 is 0 Å². The van der Waals surface area contributed by atoms with Crippen molar-refractivity contribution in [2.24, 2.45) is 0 Å². The third-order valence-electron chi connectivity index (χ3n) is 3.50. The van der Waals surface area contributed by atoms with Gasteiger partial charge in [0, 0.05) is 12.0 Å². The number of aromatic nitrogens is 5. The van der Waals surface area contributed by atoms with Gasteiger partial charge in [0.05, 0.1) is 6.33 Å². The summed E-state index contributed by atoms with van der Waals surface area (Å²) in [6.45, 7) is 0. The van der Waals surface area contributed by atoms with E-state index in [9.17, 15) is 4.79 Å². The van der Waals surface area contributed by atoms with Gasteiger partial charge in [-0.15, -0.1) is 10.2 Å². The third-order valence-corrected chi connectivity index (χ3v) is 5.46. The second kappa shape index (κ2) is 4.70. The number of halogens is 1. The van der Waals surface area contributed by atoms with Crippen molar-refractivity contribution in [2.75, 3.05) is 0 Å². The van der Waals surface area contributed by atoms with Gasteiger partial charge in [-0.2, -0.15) is 0 Å². The molecule has 20 heavy (non-hydrogen) atoms. The minimum Gasteiger partial charge on any atom is -0.312 e. The first kappa shape index (κ1) is 12.6. The van der Waals surface area contributed by atoms with E-state index >= 15 is 0 Å². The molecule has 104 valence electrons. The summed E-state index contributed by atoms with van der Waals surface area (Å²) in [6, 6.07) is 0.531. The highest BCUT2D eigenvalue weighted by Gasteiger charge is 2.36. The van der Waals surface area contributed by atoms with Gasteiger partial charge in [-0.1, -0.05) is 0 Å². The molecule has 8 heteroatoms. The van der Waals surface area contributed by atoms with Crippen molar-refractivity contribution < 1.29 is 0 Å². The average Bonchev–Trinajstić information content (AvgIpc) is 3.34. The van der Waals surface area contributed by atoms with E-state index in [0.29, 0.717) is 21.5 Å². The number of aromatic amines is 1. The van der Waals surface area contributed by atoms with Crippen LogP contribution in [-0.2, 0) is 0 Å². The van der Waals surface area contributed by atoms with E-state index in [4.69, 9.17) is 0 Å². The fourth-order valence-corrected chi connectivity index (χ4v) is 3.52. The largest absolute Gasteiger partial charge is 0.312 e. The van der Waals surface area contributed by atoms with E-state index < -0.39 is 0 Å². The number of hydrogen-bond donors (Lipinski definition) is 1. The maximum absolute atomic E-state index is 11.6. The number of hydrogen-bond acceptors (Lipinski definition) is 5. The SMILES string of the molecule is O=c1[nH]cnc(Sc2nnc(C3CC3)n2C2CC2)c1Br. The zero-order chi connectivity index (χ0) is 13.7. The van der Waals surface area contributed by atoms with Crippen molar-refractivity contribution >= 4 is 27.7 Å².